The Morgan fingerprint density at radius 2 is 1.75 bits per heavy atom. The number of anilines is 1. The Bertz CT molecular complexity index is 825. The van der Waals surface area contributed by atoms with Gasteiger partial charge in [0.05, 0.1) is 6.42 Å². The minimum absolute atomic E-state index is 0.0282. The van der Waals surface area contributed by atoms with Crippen LogP contribution in [0.25, 0.3) is 0 Å². The van der Waals surface area contributed by atoms with Gasteiger partial charge in [-0.3, -0.25) is 4.79 Å². The summed E-state index contributed by atoms with van der Waals surface area (Å²) in [4.78, 5) is 12.3. The second-order valence-electron chi connectivity index (χ2n) is 5.86. The van der Waals surface area contributed by atoms with E-state index in [0.717, 1.165) is 16.8 Å². The van der Waals surface area contributed by atoms with E-state index in [2.05, 4.69) is 29.4 Å². The quantitative estimate of drug-likeness (QED) is 0.770. The molecule has 0 atom stereocenters. The lowest BCUT2D eigenvalue weighted by atomic mass is 10.0. The van der Waals surface area contributed by atoms with Gasteiger partial charge in [0.1, 0.15) is 0 Å². The van der Waals surface area contributed by atoms with Gasteiger partial charge in [0.25, 0.3) is 0 Å². The maximum Gasteiger partial charge on any atom is 0.313 e. The van der Waals surface area contributed by atoms with Gasteiger partial charge in [-0.05, 0) is 23.1 Å². The molecule has 0 saturated carbocycles. The molecule has 24 heavy (non-hydrogen) atoms. The van der Waals surface area contributed by atoms with E-state index in [1.54, 1.807) is 0 Å². The van der Waals surface area contributed by atoms with Gasteiger partial charge in [-0.15, -0.1) is 10.2 Å². The normalized spacial score (nSPS) is 10.8. The molecule has 1 N–H and O–H groups in total. The Kier molecular flexibility index (Phi) is 4.70. The van der Waals surface area contributed by atoms with E-state index in [4.69, 9.17) is 4.42 Å². The standard InChI is InChI=1S/C19H19N3O2/c1-13(2)15-10-6-7-11-16(15)20-18(23)19-22-21-17(24-19)12-14-8-4-3-5-9-14/h3-11,13H,12H2,1-2H3,(H,20,23). The number of carbonyl (C=O) groups is 1. The molecule has 0 unspecified atom stereocenters. The largest absolute Gasteiger partial charge is 0.417 e. The minimum atomic E-state index is -0.394. The summed E-state index contributed by atoms with van der Waals surface area (Å²) in [5.41, 5.74) is 2.88. The van der Waals surface area contributed by atoms with Crippen molar-refractivity contribution in [2.24, 2.45) is 0 Å². The zero-order valence-corrected chi connectivity index (χ0v) is 13.7. The second-order valence-corrected chi connectivity index (χ2v) is 5.86. The first-order valence-corrected chi connectivity index (χ1v) is 7.90. The van der Waals surface area contributed by atoms with Gasteiger partial charge in [-0.25, -0.2) is 0 Å². The van der Waals surface area contributed by atoms with Crippen LogP contribution in [-0.4, -0.2) is 16.1 Å². The molecule has 0 bridgehead atoms. The second kappa shape index (κ2) is 7.08. The van der Waals surface area contributed by atoms with Crippen LogP contribution < -0.4 is 5.32 Å². The van der Waals surface area contributed by atoms with Crippen LogP contribution in [0.15, 0.2) is 59.0 Å². The van der Waals surface area contributed by atoms with E-state index in [9.17, 15) is 4.79 Å². The lowest BCUT2D eigenvalue weighted by Gasteiger charge is -2.12. The van der Waals surface area contributed by atoms with Crippen molar-refractivity contribution >= 4 is 11.6 Å². The number of nitrogens with one attached hydrogen (secondary N) is 1. The van der Waals surface area contributed by atoms with Gasteiger partial charge in [0, 0.05) is 5.69 Å². The van der Waals surface area contributed by atoms with Crippen LogP contribution in [0.1, 0.15) is 47.5 Å². The Labute approximate surface area is 140 Å². The van der Waals surface area contributed by atoms with Crippen LogP contribution in [0.5, 0.6) is 0 Å². The third kappa shape index (κ3) is 3.68. The van der Waals surface area contributed by atoms with E-state index in [0.29, 0.717) is 18.2 Å². The highest BCUT2D eigenvalue weighted by Crippen LogP contribution is 2.24. The highest BCUT2D eigenvalue weighted by molar-refractivity contribution is 6.01. The van der Waals surface area contributed by atoms with E-state index in [1.165, 1.54) is 0 Å². The first-order chi connectivity index (χ1) is 11.6. The fourth-order valence-electron chi connectivity index (χ4n) is 2.48. The van der Waals surface area contributed by atoms with Crippen molar-refractivity contribution in [3.05, 3.63) is 77.5 Å². The smallest absolute Gasteiger partial charge is 0.313 e. The first kappa shape index (κ1) is 15.9. The number of nitrogens with zero attached hydrogens (tertiary/aromatic N) is 2. The number of benzene rings is 2. The predicted molar refractivity (Wildman–Crippen MR) is 92.0 cm³/mol. The maximum atomic E-state index is 12.3. The number of hydrogen-bond donors (Lipinski definition) is 1. The van der Waals surface area contributed by atoms with Crippen molar-refractivity contribution in [3.63, 3.8) is 0 Å². The van der Waals surface area contributed by atoms with Gasteiger partial charge < -0.3 is 9.73 Å². The molecule has 0 radical (unpaired) electrons. The molecule has 2 aromatic carbocycles. The van der Waals surface area contributed by atoms with Crippen molar-refractivity contribution in [2.45, 2.75) is 26.2 Å². The van der Waals surface area contributed by atoms with Crippen molar-refractivity contribution in [1.29, 1.82) is 0 Å². The predicted octanol–water partition coefficient (Wildman–Crippen LogP) is 4.04. The molecular weight excluding hydrogens is 302 g/mol. The SMILES string of the molecule is CC(C)c1ccccc1NC(=O)c1nnc(Cc2ccccc2)o1. The maximum absolute atomic E-state index is 12.3. The summed E-state index contributed by atoms with van der Waals surface area (Å²) in [6, 6.07) is 17.5. The van der Waals surface area contributed by atoms with Gasteiger partial charge in [-0.1, -0.05) is 62.4 Å². The summed E-state index contributed by atoms with van der Waals surface area (Å²) < 4.78 is 5.49. The zero-order valence-electron chi connectivity index (χ0n) is 13.7. The lowest BCUT2D eigenvalue weighted by molar-refractivity contribution is 0.0988. The van der Waals surface area contributed by atoms with Crippen LogP contribution in [0, 0.1) is 0 Å². The Hall–Kier alpha value is -2.95. The number of amides is 1. The summed E-state index contributed by atoms with van der Waals surface area (Å²) in [7, 11) is 0. The molecule has 122 valence electrons. The monoisotopic (exact) mass is 321 g/mol. The number of para-hydroxylation sites is 1. The highest BCUT2D eigenvalue weighted by atomic mass is 16.4. The zero-order chi connectivity index (χ0) is 16.9. The average Bonchev–Trinajstić information content (AvgIpc) is 3.05. The molecule has 5 nitrogen and oxygen atoms in total. The van der Waals surface area contributed by atoms with Crippen molar-refractivity contribution < 1.29 is 9.21 Å². The number of hydrogen-bond acceptors (Lipinski definition) is 4. The molecule has 1 heterocycles. The third-order valence-corrected chi connectivity index (χ3v) is 3.69. The van der Waals surface area contributed by atoms with Crippen LogP contribution in [0.2, 0.25) is 0 Å². The summed E-state index contributed by atoms with van der Waals surface area (Å²) >= 11 is 0. The molecule has 1 amide bonds. The average molecular weight is 321 g/mol. The third-order valence-electron chi connectivity index (χ3n) is 3.69. The van der Waals surface area contributed by atoms with Gasteiger partial charge in [0.2, 0.25) is 5.89 Å². The van der Waals surface area contributed by atoms with E-state index in [1.807, 2.05) is 54.6 Å². The van der Waals surface area contributed by atoms with E-state index in [-0.39, 0.29) is 5.89 Å². The minimum Gasteiger partial charge on any atom is -0.417 e. The molecular formula is C19H19N3O2. The Morgan fingerprint density at radius 3 is 2.50 bits per heavy atom. The fraction of sp³-hybridized carbons (Fsp3) is 0.211. The highest BCUT2D eigenvalue weighted by Gasteiger charge is 2.17. The molecule has 0 aliphatic carbocycles. The van der Waals surface area contributed by atoms with Crippen LogP contribution in [-0.2, 0) is 6.42 Å². The summed E-state index contributed by atoms with van der Waals surface area (Å²) in [6.45, 7) is 4.16. The number of rotatable bonds is 5. The van der Waals surface area contributed by atoms with E-state index >= 15 is 0 Å². The molecule has 3 rings (SSSR count). The molecule has 0 fully saturated rings. The molecule has 5 heteroatoms. The first-order valence-electron chi connectivity index (χ1n) is 7.90. The van der Waals surface area contributed by atoms with Crippen LogP contribution >= 0.6 is 0 Å². The number of aromatic nitrogens is 2. The molecule has 0 aliphatic rings. The Morgan fingerprint density at radius 1 is 1.04 bits per heavy atom. The summed E-state index contributed by atoms with van der Waals surface area (Å²) in [5, 5.41) is 10.7. The van der Waals surface area contributed by atoms with Crippen molar-refractivity contribution in [1.82, 2.24) is 10.2 Å². The van der Waals surface area contributed by atoms with Gasteiger partial charge in [0.15, 0.2) is 0 Å². The van der Waals surface area contributed by atoms with Gasteiger partial charge in [-0.2, -0.15) is 0 Å². The van der Waals surface area contributed by atoms with Crippen LogP contribution in [0.4, 0.5) is 5.69 Å². The summed E-state index contributed by atoms with van der Waals surface area (Å²) in [6.07, 6.45) is 0.504. The van der Waals surface area contributed by atoms with Crippen molar-refractivity contribution in [3.8, 4) is 0 Å². The molecule has 3 aromatic rings. The van der Waals surface area contributed by atoms with Gasteiger partial charge >= 0.3 is 11.8 Å². The molecule has 1 aromatic heterocycles. The molecule has 0 aliphatic heterocycles. The molecule has 0 saturated heterocycles. The lowest BCUT2D eigenvalue weighted by Crippen LogP contribution is -2.14. The van der Waals surface area contributed by atoms with E-state index < -0.39 is 5.91 Å². The Balaban J connectivity index is 1.73. The fourth-order valence-corrected chi connectivity index (χ4v) is 2.48. The van der Waals surface area contributed by atoms with Crippen LogP contribution in [0.3, 0.4) is 0 Å². The molecule has 0 spiro atoms. The number of carbonyl (C=O) groups excluding carboxylic acids is 1. The topological polar surface area (TPSA) is 68.0 Å². The van der Waals surface area contributed by atoms with Crippen molar-refractivity contribution in [2.75, 3.05) is 5.32 Å². The summed E-state index contributed by atoms with van der Waals surface area (Å²) in [5.74, 6) is 0.302.